The number of aliphatic carboxylic acids is 1. The van der Waals surface area contributed by atoms with Gasteiger partial charge in [-0.2, -0.15) is 0 Å². The summed E-state index contributed by atoms with van der Waals surface area (Å²) in [6, 6.07) is 17.2. The van der Waals surface area contributed by atoms with Gasteiger partial charge in [-0.25, -0.2) is 9.59 Å². The number of carbonyl (C=O) groups excluding carboxylic acids is 3. The lowest BCUT2D eigenvalue weighted by Gasteiger charge is -2.43. The fourth-order valence-electron chi connectivity index (χ4n) is 6.20. The van der Waals surface area contributed by atoms with Crippen LogP contribution in [-0.4, -0.2) is 59.5 Å². The van der Waals surface area contributed by atoms with Gasteiger partial charge in [0.05, 0.1) is 4.75 Å². The molecule has 3 N–H and O–H groups in total. The molecule has 0 aliphatic carbocycles. The van der Waals surface area contributed by atoms with Crippen LogP contribution in [0.3, 0.4) is 0 Å². The van der Waals surface area contributed by atoms with Gasteiger partial charge in [0.25, 0.3) is 5.91 Å². The molecule has 0 aromatic heterocycles. The van der Waals surface area contributed by atoms with E-state index in [0.29, 0.717) is 17.5 Å². The van der Waals surface area contributed by atoms with Crippen LogP contribution < -0.4 is 10.6 Å². The number of benzene rings is 2. The average molecular weight is 754 g/mol. The lowest BCUT2D eigenvalue weighted by atomic mass is 9.71. The van der Waals surface area contributed by atoms with Gasteiger partial charge in [0.1, 0.15) is 18.8 Å². The second-order valence-corrected chi connectivity index (χ2v) is 15.3. The Morgan fingerprint density at radius 3 is 2.00 bits per heavy atom. The fraction of sp³-hybridized carbons (Fsp3) is 0.561. The van der Waals surface area contributed by atoms with Crippen molar-refractivity contribution in [2.45, 2.75) is 121 Å². The van der Waals surface area contributed by atoms with Gasteiger partial charge in [-0.05, 0) is 50.8 Å². The third-order valence-corrected chi connectivity index (χ3v) is 9.77. The number of rotatable bonds is 28. The van der Waals surface area contributed by atoms with Crippen molar-refractivity contribution in [2.24, 2.45) is 10.5 Å². The number of carbonyl (C=O) groups is 4. The van der Waals surface area contributed by atoms with Crippen LogP contribution in [0.15, 0.2) is 77.4 Å². The minimum Gasteiger partial charge on any atom is -0.478 e. The van der Waals surface area contributed by atoms with Gasteiger partial charge < -0.3 is 25.2 Å². The molecule has 0 fully saturated rings. The number of carboxylic acids is 1. The largest absolute Gasteiger partial charge is 0.478 e. The standard InChI is InChI=1S/C41H59N3O8S/c1-5-7-8-9-10-11-12-13-14-15-16-21-26-33(6-2)41(34-27-22-18-23-28-34,43-38(47)32-24-19-17-20-25-32)37(39(48)49)52-36(46)30-51-29-35(45)42-31-40(3,4)53-44-50/h17-28,33,37H,5-16,29-31H2,1-4H3,(H,42,45)(H,43,47)(H,48,49)/t33?,37-,41-/m0/s1. The van der Waals surface area contributed by atoms with Crippen LogP contribution in [0.1, 0.15) is 121 Å². The molecule has 0 heterocycles. The minimum absolute atomic E-state index is 0.128. The Morgan fingerprint density at radius 2 is 1.43 bits per heavy atom. The predicted molar refractivity (Wildman–Crippen MR) is 210 cm³/mol. The van der Waals surface area contributed by atoms with E-state index in [1.807, 2.05) is 19.1 Å². The van der Waals surface area contributed by atoms with Crippen molar-refractivity contribution < 1.29 is 33.8 Å². The molecule has 0 spiro atoms. The van der Waals surface area contributed by atoms with Gasteiger partial charge in [-0.1, -0.05) is 132 Å². The summed E-state index contributed by atoms with van der Waals surface area (Å²) in [6.07, 6.45) is 15.4. The number of unbranched alkanes of at least 4 members (excludes halogenated alkanes) is 10. The number of nitrogens with zero attached hydrogens (tertiary/aromatic N) is 1. The zero-order chi connectivity index (χ0) is 39.0. The number of hydrogen-bond acceptors (Lipinski definition) is 9. The molecule has 0 radical (unpaired) electrons. The zero-order valence-corrected chi connectivity index (χ0v) is 32.7. The highest BCUT2D eigenvalue weighted by molar-refractivity contribution is 7.99. The molecular formula is C41H59N3O8S. The maximum Gasteiger partial charge on any atom is 0.347 e. The lowest BCUT2D eigenvalue weighted by molar-refractivity contribution is -0.175. The molecular weight excluding hydrogens is 695 g/mol. The molecule has 2 aromatic rings. The van der Waals surface area contributed by atoms with E-state index in [1.54, 1.807) is 74.5 Å². The van der Waals surface area contributed by atoms with Gasteiger partial charge in [0.15, 0.2) is 0 Å². The van der Waals surface area contributed by atoms with Gasteiger partial charge in [-0.3, -0.25) is 9.59 Å². The molecule has 292 valence electrons. The van der Waals surface area contributed by atoms with Crippen LogP contribution in [0.2, 0.25) is 0 Å². The van der Waals surface area contributed by atoms with E-state index >= 15 is 0 Å². The van der Waals surface area contributed by atoms with Crippen molar-refractivity contribution >= 4 is 35.7 Å². The van der Waals surface area contributed by atoms with Crippen LogP contribution in [0.4, 0.5) is 0 Å². The fourth-order valence-corrected chi connectivity index (χ4v) is 6.54. The third kappa shape index (κ3) is 16.3. The predicted octanol–water partition coefficient (Wildman–Crippen LogP) is 8.53. The molecule has 0 aliphatic rings. The van der Waals surface area contributed by atoms with E-state index in [9.17, 15) is 29.2 Å². The van der Waals surface area contributed by atoms with Crippen LogP contribution in [0.5, 0.6) is 0 Å². The Bertz CT molecular complexity index is 1420. The van der Waals surface area contributed by atoms with Crippen molar-refractivity contribution in [1.82, 2.24) is 10.6 Å². The van der Waals surface area contributed by atoms with Crippen LogP contribution in [0.25, 0.3) is 0 Å². The minimum atomic E-state index is -1.87. The Morgan fingerprint density at radius 1 is 0.849 bits per heavy atom. The second-order valence-electron chi connectivity index (χ2n) is 13.9. The first-order chi connectivity index (χ1) is 25.5. The second kappa shape index (κ2) is 25.1. The first-order valence-corrected chi connectivity index (χ1v) is 19.6. The number of carboxylic acid groups (broad SMARTS) is 1. The van der Waals surface area contributed by atoms with E-state index in [-0.39, 0.29) is 6.54 Å². The summed E-state index contributed by atoms with van der Waals surface area (Å²) >= 11 is 0.783. The van der Waals surface area contributed by atoms with Gasteiger partial charge in [-0.15, -0.1) is 4.91 Å². The van der Waals surface area contributed by atoms with E-state index < -0.39 is 59.3 Å². The number of allylic oxidation sites excluding steroid dienone is 1. The number of hydrogen-bond donors (Lipinski definition) is 3. The summed E-state index contributed by atoms with van der Waals surface area (Å²) in [5.41, 5.74) is -0.968. The summed E-state index contributed by atoms with van der Waals surface area (Å²) in [5, 5.41) is 16.4. The molecule has 0 bridgehead atoms. The smallest absolute Gasteiger partial charge is 0.347 e. The molecule has 2 aromatic carbocycles. The maximum atomic E-state index is 13.9. The Hall–Kier alpha value is -4.03. The molecule has 1 unspecified atom stereocenters. The van der Waals surface area contributed by atoms with E-state index in [2.05, 4.69) is 22.1 Å². The molecule has 0 saturated heterocycles. The van der Waals surface area contributed by atoms with E-state index in [0.717, 1.165) is 37.6 Å². The molecule has 11 nitrogen and oxygen atoms in total. The first-order valence-electron chi connectivity index (χ1n) is 18.9. The maximum absolute atomic E-state index is 13.9. The zero-order valence-electron chi connectivity index (χ0n) is 31.8. The first kappa shape index (κ1) is 45.1. The lowest BCUT2D eigenvalue weighted by Crippen LogP contribution is -2.62. The van der Waals surface area contributed by atoms with Crippen molar-refractivity contribution in [3.05, 3.63) is 88.8 Å². The average Bonchev–Trinajstić information content (AvgIpc) is 3.15. The number of amides is 2. The molecule has 3 atom stereocenters. The summed E-state index contributed by atoms with van der Waals surface area (Å²) < 4.78 is 13.1. The van der Waals surface area contributed by atoms with Gasteiger partial charge in [0.2, 0.25) is 12.0 Å². The molecule has 2 rings (SSSR count). The monoisotopic (exact) mass is 753 g/mol. The topological polar surface area (TPSA) is 160 Å². The highest BCUT2D eigenvalue weighted by atomic mass is 32.2. The Balaban J connectivity index is 2.30. The van der Waals surface area contributed by atoms with Crippen LogP contribution in [-0.2, 0) is 29.4 Å². The molecule has 12 heteroatoms. The normalized spacial score (nSPS) is 13.8. The number of nitroso groups, excluding NO2 is 1. The van der Waals surface area contributed by atoms with Crippen molar-refractivity contribution in [3.63, 3.8) is 0 Å². The van der Waals surface area contributed by atoms with E-state index in [1.165, 1.54) is 44.9 Å². The van der Waals surface area contributed by atoms with Crippen molar-refractivity contribution in [3.8, 4) is 0 Å². The van der Waals surface area contributed by atoms with Crippen LogP contribution >= 0.6 is 11.9 Å². The Labute approximate surface area is 319 Å². The summed E-state index contributed by atoms with van der Waals surface area (Å²) in [4.78, 5) is 63.3. The molecule has 0 aliphatic heterocycles. The van der Waals surface area contributed by atoms with E-state index in [4.69, 9.17) is 9.47 Å². The van der Waals surface area contributed by atoms with Gasteiger partial charge >= 0.3 is 11.9 Å². The molecule has 2 amide bonds. The van der Waals surface area contributed by atoms with Crippen LogP contribution in [0, 0.1) is 10.8 Å². The number of esters is 1. The van der Waals surface area contributed by atoms with Gasteiger partial charge in [0, 0.05) is 34.6 Å². The van der Waals surface area contributed by atoms with Crippen molar-refractivity contribution in [1.29, 1.82) is 0 Å². The molecule has 0 saturated carbocycles. The number of ether oxygens (including phenoxy) is 2. The highest BCUT2D eigenvalue weighted by Crippen LogP contribution is 2.39. The SMILES string of the molecule is CCCCCCCCCCCCC=CC(CC)[C@](NC(=O)c1ccccc1)(c1ccccc1)[C@@H](OC(=O)COCC(=O)NCC(C)(C)SN=O)C(=O)O. The molecule has 53 heavy (non-hydrogen) atoms. The summed E-state index contributed by atoms with van der Waals surface area (Å²) in [6.45, 7) is 6.50. The number of nitrogens with one attached hydrogen (secondary N) is 2. The summed E-state index contributed by atoms with van der Waals surface area (Å²) in [7, 11) is 0. The summed E-state index contributed by atoms with van der Waals surface area (Å²) in [5.74, 6) is -4.16. The Kier molecular flexibility index (Phi) is 21.3. The van der Waals surface area contributed by atoms with Crippen molar-refractivity contribution in [2.75, 3.05) is 19.8 Å². The quantitative estimate of drug-likeness (QED) is 0.0254. The highest BCUT2D eigenvalue weighted by Gasteiger charge is 2.53. The third-order valence-electron chi connectivity index (χ3n) is 9.06.